The summed E-state index contributed by atoms with van der Waals surface area (Å²) >= 11 is 0. The van der Waals surface area contributed by atoms with Crippen LogP contribution in [0.2, 0.25) is 0 Å². The summed E-state index contributed by atoms with van der Waals surface area (Å²) in [6.45, 7) is 2.17. The van der Waals surface area contributed by atoms with Crippen LogP contribution in [0.1, 0.15) is 5.56 Å². The number of aromatic hydroxyl groups is 1. The number of hydrogen-bond donors (Lipinski definition) is 1. The number of rotatable bonds is 8. The van der Waals surface area contributed by atoms with E-state index in [1.165, 1.54) is 21.5 Å². The molecule has 1 N–H and O–H groups in total. The molecule has 12 aromatic rings. The molecule has 0 aliphatic carbocycles. The van der Waals surface area contributed by atoms with E-state index >= 15 is 0 Å². The highest BCUT2D eigenvalue weighted by Crippen LogP contribution is 2.43. The van der Waals surface area contributed by atoms with Gasteiger partial charge in [0.1, 0.15) is 28.9 Å². The van der Waals surface area contributed by atoms with Gasteiger partial charge >= 0.3 is 0 Å². The number of imidazole rings is 2. The van der Waals surface area contributed by atoms with Gasteiger partial charge in [0.15, 0.2) is 0 Å². The van der Waals surface area contributed by atoms with Gasteiger partial charge in [-0.25, -0.2) is 9.97 Å². The number of ether oxygens (including phenoxy) is 1. The summed E-state index contributed by atoms with van der Waals surface area (Å²) < 4.78 is 11.0. The number of para-hydroxylation sites is 1. The highest BCUT2D eigenvalue weighted by Gasteiger charge is 2.25. The minimum absolute atomic E-state index is 0.158. The van der Waals surface area contributed by atoms with E-state index in [0.29, 0.717) is 22.9 Å². The van der Waals surface area contributed by atoms with Crippen molar-refractivity contribution >= 4 is 43.4 Å². The Kier molecular flexibility index (Phi) is 9.09. The van der Waals surface area contributed by atoms with Crippen LogP contribution in [-0.2, 0) is 0 Å². The smallest absolute Gasteiger partial charge is 0.149 e. The van der Waals surface area contributed by atoms with Crippen molar-refractivity contribution in [2.45, 2.75) is 6.92 Å². The molecule has 0 atom stereocenters. The van der Waals surface area contributed by atoms with Crippen LogP contribution >= 0.6 is 0 Å². The minimum atomic E-state index is 0.158. The lowest BCUT2D eigenvalue weighted by atomic mass is 10.00. The predicted molar refractivity (Wildman–Crippen MR) is 265 cm³/mol. The number of aryl methyl sites for hydroxylation is 1. The van der Waals surface area contributed by atoms with E-state index in [1.807, 2.05) is 91.0 Å². The first-order valence-electron chi connectivity index (χ1n) is 21.8. The highest BCUT2D eigenvalue weighted by atomic mass is 16.5. The monoisotopic (exact) mass is 836 g/mol. The molecule has 2 aromatic heterocycles. The molecular weight excluding hydrogens is 797 g/mol. The zero-order chi connectivity index (χ0) is 43.4. The Morgan fingerprint density at radius 3 is 1.60 bits per heavy atom. The Labute approximate surface area is 375 Å². The number of phenolic OH excluding ortho intramolecular Hbond substituents is 1. The van der Waals surface area contributed by atoms with Gasteiger partial charge in [0.2, 0.25) is 0 Å². The van der Waals surface area contributed by atoms with Crippen LogP contribution in [0, 0.1) is 6.92 Å². The van der Waals surface area contributed by atoms with Gasteiger partial charge in [-0.3, -0.25) is 9.13 Å². The lowest BCUT2D eigenvalue weighted by Gasteiger charge is -2.16. The van der Waals surface area contributed by atoms with E-state index in [9.17, 15) is 5.11 Å². The first-order chi connectivity index (χ1) is 32.1. The molecule has 0 aliphatic rings. The summed E-state index contributed by atoms with van der Waals surface area (Å²) in [5, 5.41) is 18.2. The standard InChI is InChI=1S/C59H40N4O2/c1-38-36-41-20-8-9-21-42(41)37-52(38)59-61-55-49-24-12-10-22-47(49)48-23-11-13-25-50(48)57(55)63(59)44-30-34-46(35-31-44)65-45-32-28-43(29-33-45)62-56(40-18-6-3-7-19-40)54(39-16-4-2-5-17-39)60-58(62)51-26-14-15-27-53(51)64/h2-37,64H,1H3. The highest BCUT2D eigenvalue weighted by molar-refractivity contribution is 6.24. The van der Waals surface area contributed by atoms with Crippen molar-refractivity contribution in [1.82, 2.24) is 19.1 Å². The molecule has 0 radical (unpaired) electrons. The van der Waals surface area contributed by atoms with Gasteiger partial charge in [-0.2, -0.15) is 0 Å². The Balaban J connectivity index is 0.959. The van der Waals surface area contributed by atoms with Crippen LogP contribution < -0.4 is 4.74 Å². The second-order valence-corrected chi connectivity index (χ2v) is 16.4. The number of phenols is 1. The summed E-state index contributed by atoms with van der Waals surface area (Å²) in [6.07, 6.45) is 0. The molecule has 2 heterocycles. The maximum Gasteiger partial charge on any atom is 0.149 e. The van der Waals surface area contributed by atoms with Crippen molar-refractivity contribution in [3.63, 3.8) is 0 Å². The lowest BCUT2D eigenvalue weighted by Crippen LogP contribution is -2.01. The zero-order valence-electron chi connectivity index (χ0n) is 35.4. The van der Waals surface area contributed by atoms with Gasteiger partial charge in [0, 0.05) is 38.8 Å². The largest absolute Gasteiger partial charge is 0.507 e. The fourth-order valence-electron chi connectivity index (χ4n) is 9.37. The number of nitrogens with zero attached hydrogens (tertiary/aromatic N) is 4. The van der Waals surface area contributed by atoms with E-state index in [0.717, 1.165) is 72.6 Å². The predicted octanol–water partition coefficient (Wildman–Crippen LogP) is 15.1. The molecule has 0 amide bonds. The van der Waals surface area contributed by atoms with Crippen molar-refractivity contribution in [2.24, 2.45) is 0 Å². The molecule has 0 unspecified atom stereocenters. The van der Waals surface area contributed by atoms with Crippen LogP contribution in [0.5, 0.6) is 17.2 Å². The molecule has 0 bridgehead atoms. The molecule has 6 nitrogen and oxygen atoms in total. The molecule has 0 saturated heterocycles. The normalized spacial score (nSPS) is 11.5. The van der Waals surface area contributed by atoms with Crippen molar-refractivity contribution in [2.75, 3.05) is 0 Å². The van der Waals surface area contributed by atoms with Gasteiger partial charge in [0.25, 0.3) is 0 Å². The van der Waals surface area contributed by atoms with Crippen LogP contribution in [0.3, 0.4) is 0 Å². The Morgan fingerprint density at radius 2 is 0.938 bits per heavy atom. The van der Waals surface area contributed by atoms with Crippen molar-refractivity contribution in [3.05, 3.63) is 224 Å². The zero-order valence-corrected chi connectivity index (χ0v) is 35.4. The molecule has 0 saturated carbocycles. The molecule has 6 heteroatoms. The molecule has 0 aliphatic heterocycles. The number of benzene rings is 10. The second kappa shape index (κ2) is 15.6. The third-order valence-electron chi connectivity index (χ3n) is 12.4. The van der Waals surface area contributed by atoms with Gasteiger partial charge in [0.05, 0.1) is 28.0 Å². The fourth-order valence-corrected chi connectivity index (χ4v) is 9.37. The van der Waals surface area contributed by atoms with Gasteiger partial charge in [-0.15, -0.1) is 0 Å². The molecular formula is C59H40N4O2. The quantitative estimate of drug-likeness (QED) is 0.155. The maximum atomic E-state index is 11.2. The third kappa shape index (κ3) is 6.50. The third-order valence-corrected chi connectivity index (χ3v) is 12.4. The Hall–Kier alpha value is -8.74. The number of aromatic nitrogens is 4. The Bertz CT molecular complexity index is 3740. The average Bonchev–Trinajstić information content (AvgIpc) is 3.96. The van der Waals surface area contributed by atoms with E-state index in [2.05, 4.69) is 137 Å². The summed E-state index contributed by atoms with van der Waals surface area (Å²) in [6, 6.07) is 74.4. The van der Waals surface area contributed by atoms with Crippen molar-refractivity contribution in [3.8, 4) is 73.9 Å². The molecule has 0 fully saturated rings. The van der Waals surface area contributed by atoms with Crippen LogP contribution in [0.25, 0.3) is 100 Å². The summed E-state index contributed by atoms with van der Waals surface area (Å²) in [4.78, 5) is 10.8. The first-order valence-corrected chi connectivity index (χ1v) is 21.8. The van der Waals surface area contributed by atoms with Crippen LogP contribution in [0.15, 0.2) is 218 Å². The number of fused-ring (bicyclic) bond motifs is 7. The van der Waals surface area contributed by atoms with E-state index in [1.54, 1.807) is 6.07 Å². The van der Waals surface area contributed by atoms with Gasteiger partial charge in [-0.05, 0) is 101 Å². The second-order valence-electron chi connectivity index (χ2n) is 16.4. The van der Waals surface area contributed by atoms with Crippen molar-refractivity contribution in [1.29, 1.82) is 0 Å². The van der Waals surface area contributed by atoms with E-state index in [4.69, 9.17) is 14.7 Å². The number of hydrogen-bond acceptors (Lipinski definition) is 4. The summed E-state index contributed by atoms with van der Waals surface area (Å²) in [5.41, 5.74) is 10.5. The Morgan fingerprint density at radius 1 is 0.431 bits per heavy atom. The molecule has 65 heavy (non-hydrogen) atoms. The van der Waals surface area contributed by atoms with Gasteiger partial charge in [-0.1, -0.05) is 152 Å². The topological polar surface area (TPSA) is 65.1 Å². The SMILES string of the molecule is Cc1cc2ccccc2cc1-c1nc2c3ccccc3c3ccccc3c2n1-c1ccc(Oc2ccc(-n3c(-c4ccccc4O)nc(-c4ccccc4)c3-c3ccccc3)cc2)cc1. The van der Waals surface area contributed by atoms with E-state index < -0.39 is 0 Å². The molecule has 10 aromatic carbocycles. The van der Waals surface area contributed by atoms with Gasteiger partial charge < -0.3 is 9.84 Å². The lowest BCUT2D eigenvalue weighted by molar-refractivity contribution is 0.476. The molecule has 308 valence electrons. The molecule has 12 rings (SSSR count). The van der Waals surface area contributed by atoms with Crippen molar-refractivity contribution < 1.29 is 9.84 Å². The summed E-state index contributed by atoms with van der Waals surface area (Å²) in [5.74, 6) is 3.08. The first kappa shape index (κ1) is 38.0. The molecule has 0 spiro atoms. The fraction of sp³-hybridized carbons (Fsp3) is 0.0169. The van der Waals surface area contributed by atoms with E-state index in [-0.39, 0.29) is 5.75 Å². The van der Waals surface area contributed by atoms with Crippen LogP contribution in [0.4, 0.5) is 0 Å². The minimum Gasteiger partial charge on any atom is -0.507 e. The summed E-state index contributed by atoms with van der Waals surface area (Å²) in [7, 11) is 0. The maximum absolute atomic E-state index is 11.2. The van der Waals surface area contributed by atoms with Crippen LogP contribution in [-0.4, -0.2) is 24.2 Å². The average molecular weight is 837 g/mol.